The number of hydrogen-bond acceptors (Lipinski definition) is 5. The number of aromatic hydroxyl groups is 1. The molecule has 0 atom stereocenters. The molecule has 2 N–H and O–H groups in total. The van der Waals surface area contributed by atoms with Crippen LogP contribution in [0.15, 0.2) is 58.1 Å². The predicted octanol–water partition coefficient (Wildman–Crippen LogP) is 1.87. The molecule has 2 amide bonds. The van der Waals surface area contributed by atoms with Crippen LogP contribution in [0, 0.1) is 5.82 Å². The Morgan fingerprint density at radius 2 is 1.93 bits per heavy atom. The summed E-state index contributed by atoms with van der Waals surface area (Å²) in [7, 11) is 0. The van der Waals surface area contributed by atoms with Crippen LogP contribution in [-0.4, -0.2) is 32.9 Å². The van der Waals surface area contributed by atoms with Gasteiger partial charge in [0.15, 0.2) is 11.4 Å². The fourth-order valence-corrected chi connectivity index (χ4v) is 3.33. The third-order valence-electron chi connectivity index (χ3n) is 4.89. The average Bonchev–Trinajstić information content (AvgIpc) is 3.26. The zero-order valence-corrected chi connectivity index (χ0v) is 15.8. The van der Waals surface area contributed by atoms with Gasteiger partial charge in [-0.3, -0.25) is 14.4 Å². The van der Waals surface area contributed by atoms with E-state index in [0.29, 0.717) is 17.9 Å². The van der Waals surface area contributed by atoms with Crippen LogP contribution in [-0.2, 0) is 19.6 Å². The standard InChI is InChI=1S/C21H18FN3O5/c22-14-5-3-13(4-6-14)11-25-8-7-24-12-16(18(26)19(27)17(24)21(25)29)20(28)23-10-15-2-1-9-30-15/h1-6,9,12,27H,7-8,10-11H2,(H,23,28). The summed E-state index contributed by atoms with van der Waals surface area (Å²) in [6.45, 7) is 0.879. The molecule has 1 aliphatic rings. The number of nitrogens with one attached hydrogen (secondary N) is 1. The molecule has 0 unspecified atom stereocenters. The van der Waals surface area contributed by atoms with Gasteiger partial charge in [0.1, 0.15) is 17.1 Å². The van der Waals surface area contributed by atoms with Crippen molar-refractivity contribution in [3.05, 3.63) is 87.5 Å². The lowest BCUT2D eigenvalue weighted by Crippen LogP contribution is -2.42. The molecule has 0 saturated heterocycles. The highest BCUT2D eigenvalue weighted by atomic mass is 19.1. The van der Waals surface area contributed by atoms with Crippen LogP contribution in [0.2, 0.25) is 0 Å². The number of nitrogens with zero attached hydrogens (tertiary/aromatic N) is 2. The molecule has 0 spiro atoms. The molecule has 154 valence electrons. The Balaban J connectivity index is 1.56. The highest BCUT2D eigenvalue weighted by Crippen LogP contribution is 2.22. The van der Waals surface area contributed by atoms with Gasteiger partial charge in [0.2, 0.25) is 5.43 Å². The van der Waals surface area contributed by atoms with Crippen LogP contribution in [0.4, 0.5) is 4.39 Å². The Hall–Kier alpha value is -3.88. The highest BCUT2D eigenvalue weighted by molar-refractivity contribution is 5.99. The number of aromatic nitrogens is 1. The van der Waals surface area contributed by atoms with Crippen LogP contribution in [0.3, 0.4) is 0 Å². The minimum atomic E-state index is -0.921. The van der Waals surface area contributed by atoms with Crippen LogP contribution in [0.5, 0.6) is 5.75 Å². The Labute approximate surface area is 170 Å². The molecular formula is C21H18FN3O5. The first kappa shape index (κ1) is 19.4. The Bertz CT molecular complexity index is 1150. The number of amides is 2. The number of hydrogen-bond donors (Lipinski definition) is 2. The second-order valence-corrected chi connectivity index (χ2v) is 6.88. The van der Waals surface area contributed by atoms with Gasteiger partial charge in [-0.1, -0.05) is 12.1 Å². The predicted molar refractivity (Wildman–Crippen MR) is 103 cm³/mol. The normalized spacial score (nSPS) is 13.2. The van der Waals surface area contributed by atoms with E-state index in [4.69, 9.17) is 4.42 Å². The first-order valence-electron chi connectivity index (χ1n) is 9.24. The van der Waals surface area contributed by atoms with Gasteiger partial charge in [-0.05, 0) is 29.8 Å². The minimum absolute atomic E-state index is 0.0815. The lowest BCUT2D eigenvalue weighted by molar-refractivity contribution is 0.0681. The number of furan rings is 1. The highest BCUT2D eigenvalue weighted by Gasteiger charge is 2.30. The van der Waals surface area contributed by atoms with Gasteiger partial charge < -0.3 is 24.3 Å². The monoisotopic (exact) mass is 411 g/mol. The molecule has 3 heterocycles. The lowest BCUT2D eigenvalue weighted by Gasteiger charge is -2.30. The molecule has 3 aromatic rings. The molecular weight excluding hydrogens is 393 g/mol. The SMILES string of the molecule is O=C(NCc1ccco1)c1cn2c(c(O)c1=O)C(=O)N(Cc1ccc(F)cc1)CC2. The summed E-state index contributed by atoms with van der Waals surface area (Å²) in [5.41, 5.74) is -0.636. The van der Waals surface area contributed by atoms with Crippen LogP contribution in [0.25, 0.3) is 0 Å². The summed E-state index contributed by atoms with van der Waals surface area (Å²) in [4.78, 5) is 39.2. The Morgan fingerprint density at radius 3 is 2.63 bits per heavy atom. The van der Waals surface area contributed by atoms with Crippen molar-refractivity contribution >= 4 is 11.8 Å². The zero-order chi connectivity index (χ0) is 21.3. The Morgan fingerprint density at radius 1 is 1.17 bits per heavy atom. The quantitative estimate of drug-likeness (QED) is 0.667. The third-order valence-corrected chi connectivity index (χ3v) is 4.89. The molecule has 4 rings (SSSR count). The molecule has 9 heteroatoms. The lowest BCUT2D eigenvalue weighted by atomic mass is 10.1. The van der Waals surface area contributed by atoms with Gasteiger partial charge in [0.05, 0.1) is 12.8 Å². The first-order valence-corrected chi connectivity index (χ1v) is 9.24. The van der Waals surface area contributed by atoms with Gasteiger partial charge in [-0.15, -0.1) is 0 Å². The molecule has 1 aliphatic heterocycles. The summed E-state index contributed by atoms with van der Waals surface area (Å²) in [5, 5.41) is 12.9. The van der Waals surface area contributed by atoms with Crippen LogP contribution < -0.4 is 10.7 Å². The number of carbonyl (C=O) groups excluding carboxylic acids is 2. The molecule has 0 bridgehead atoms. The van der Waals surface area contributed by atoms with E-state index in [0.717, 1.165) is 0 Å². The molecule has 30 heavy (non-hydrogen) atoms. The smallest absolute Gasteiger partial charge is 0.274 e. The van der Waals surface area contributed by atoms with Crippen molar-refractivity contribution in [2.75, 3.05) is 6.54 Å². The van der Waals surface area contributed by atoms with Crippen molar-refractivity contribution in [2.24, 2.45) is 0 Å². The molecule has 0 radical (unpaired) electrons. The maximum Gasteiger partial charge on any atom is 0.274 e. The van der Waals surface area contributed by atoms with E-state index in [-0.39, 0.29) is 36.7 Å². The van der Waals surface area contributed by atoms with Crippen molar-refractivity contribution in [3.63, 3.8) is 0 Å². The van der Waals surface area contributed by atoms with Crippen molar-refractivity contribution in [3.8, 4) is 5.75 Å². The van der Waals surface area contributed by atoms with Crippen molar-refractivity contribution in [1.29, 1.82) is 0 Å². The van der Waals surface area contributed by atoms with Crippen LogP contribution >= 0.6 is 0 Å². The number of benzene rings is 1. The van der Waals surface area contributed by atoms with Gasteiger partial charge >= 0.3 is 0 Å². The topological polar surface area (TPSA) is 105 Å². The number of rotatable bonds is 5. The molecule has 2 aromatic heterocycles. The van der Waals surface area contributed by atoms with E-state index in [9.17, 15) is 23.9 Å². The minimum Gasteiger partial charge on any atom is -0.503 e. The van der Waals surface area contributed by atoms with E-state index in [1.54, 1.807) is 24.3 Å². The molecule has 8 nitrogen and oxygen atoms in total. The molecule has 1 aromatic carbocycles. The van der Waals surface area contributed by atoms with Gasteiger partial charge in [0, 0.05) is 25.8 Å². The maximum absolute atomic E-state index is 13.1. The maximum atomic E-state index is 13.1. The van der Waals surface area contributed by atoms with Crippen molar-refractivity contribution in [2.45, 2.75) is 19.6 Å². The van der Waals surface area contributed by atoms with E-state index < -0.39 is 23.0 Å². The molecule has 0 fully saturated rings. The average molecular weight is 411 g/mol. The summed E-state index contributed by atoms with van der Waals surface area (Å²) in [6.07, 6.45) is 2.74. The fourth-order valence-electron chi connectivity index (χ4n) is 3.33. The number of halogens is 1. The summed E-state index contributed by atoms with van der Waals surface area (Å²) >= 11 is 0. The number of fused-ring (bicyclic) bond motifs is 1. The van der Waals surface area contributed by atoms with E-state index in [1.807, 2.05) is 0 Å². The van der Waals surface area contributed by atoms with Gasteiger partial charge in [-0.25, -0.2) is 4.39 Å². The second kappa shape index (κ2) is 7.86. The van der Waals surface area contributed by atoms with E-state index in [1.165, 1.54) is 34.1 Å². The summed E-state index contributed by atoms with van der Waals surface area (Å²) in [6, 6.07) is 9.07. The number of pyridine rings is 1. The molecule has 0 saturated carbocycles. The summed E-state index contributed by atoms with van der Waals surface area (Å²) < 4.78 is 19.6. The fraction of sp³-hybridized carbons (Fsp3) is 0.190. The molecule has 0 aliphatic carbocycles. The first-order chi connectivity index (χ1) is 14.4. The van der Waals surface area contributed by atoms with Crippen molar-refractivity contribution < 1.29 is 23.5 Å². The van der Waals surface area contributed by atoms with Crippen molar-refractivity contribution in [1.82, 2.24) is 14.8 Å². The number of carbonyl (C=O) groups is 2. The summed E-state index contributed by atoms with van der Waals surface area (Å²) in [5.74, 6) is -1.85. The van der Waals surface area contributed by atoms with Gasteiger partial charge in [-0.2, -0.15) is 0 Å². The Kier molecular flexibility index (Phi) is 5.09. The largest absolute Gasteiger partial charge is 0.503 e. The second-order valence-electron chi connectivity index (χ2n) is 6.88. The van der Waals surface area contributed by atoms with Gasteiger partial charge in [0.25, 0.3) is 11.8 Å². The zero-order valence-electron chi connectivity index (χ0n) is 15.8. The third kappa shape index (κ3) is 3.69. The van der Waals surface area contributed by atoms with Crippen LogP contribution in [0.1, 0.15) is 32.2 Å². The van der Waals surface area contributed by atoms with E-state index in [2.05, 4.69) is 5.32 Å². The van der Waals surface area contributed by atoms with E-state index >= 15 is 0 Å².